The monoisotopic (exact) mass is 302 g/mol. The fourth-order valence-electron chi connectivity index (χ4n) is 2.14. The molecule has 2 unspecified atom stereocenters. The Balaban J connectivity index is 2.19. The molecule has 106 valence electrons. The van der Waals surface area contributed by atoms with Crippen molar-refractivity contribution in [3.8, 4) is 0 Å². The van der Waals surface area contributed by atoms with Crippen molar-refractivity contribution in [3.05, 3.63) is 24.3 Å². The van der Waals surface area contributed by atoms with Gasteiger partial charge in [0.1, 0.15) is 0 Å². The summed E-state index contributed by atoms with van der Waals surface area (Å²) < 4.78 is 41.3. The quantitative estimate of drug-likeness (QED) is 0.850. The smallest absolute Gasteiger partial charge is 0.176 e. The van der Waals surface area contributed by atoms with Crippen LogP contribution in [0.2, 0.25) is 0 Å². The van der Waals surface area contributed by atoms with Crippen LogP contribution in [0.25, 0.3) is 0 Å². The van der Waals surface area contributed by atoms with Crippen molar-refractivity contribution in [2.75, 3.05) is 18.6 Å². The maximum absolute atomic E-state index is 12.3. The molecule has 0 bridgehead atoms. The first-order valence-electron chi connectivity index (χ1n) is 6.27. The number of rotatable bonds is 4. The van der Waals surface area contributed by atoms with E-state index < -0.39 is 20.6 Å². The van der Waals surface area contributed by atoms with E-state index in [1.165, 1.54) is 6.07 Å². The summed E-state index contributed by atoms with van der Waals surface area (Å²) in [6.07, 6.45) is 4.13. The summed E-state index contributed by atoms with van der Waals surface area (Å²) in [5.41, 5.74) is 0. The van der Waals surface area contributed by atoms with Gasteiger partial charge in [0.25, 0.3) is 0 Å². The number of hydrogen-bond donors (Lipinski definition) is 0. The SMILES string of the molecule is CS(=O)(=O)c1ccccc1S(=O)CC1CCCCO1. The van der Waals surface area contributed by atoms with Crippen LogP contribution < -0.4 is 0 Å². The fraction of sp³-hybridized carbons (Fsp3) is 0.538. The molecule has 4 nitrogen and oxygen atoms in total. The molecule has 1 heterocycles. The van der Waals surface area contributed by atoms with Gasteiger partial charge >= 0.3 is 0 Å². The van der Waals surface area contributed by atoms with Gasteiger partial charge in [0.05, 0.1) is 32.4 Å². The molecule has 0 aromatic heterocycles. The average Bonchev–Trinajstić information content (AvgIpc) is 2.39. The molecule has 0 aliphatic carbocycles. The molecular weight excluding hydrogens is 284 g/mol. The Morgan fingerprint density at radius 2 is 2.05 bits per heavy atom. The first-order chi connectivity index (χ1) is 8.98. The minimum atomic E-state index is -3.35. The Morgan fingerprint density at radius 3 is 2.68 bits per heavy atom. The van der Waals surface area contributed by atoms with Crippen LogP contribution in [0.1, 0.15) is 19.3 Å². The summed E-state index contributed by atoms with van der Waals surface area (Å²) in [5.74, 6) is 0.368. The van der Waals surface area contributed by atoms with Crippen LogP contribution in [0, 0.1) is 0 Å². The van der Waals surface area contributed by atoms with E-state index in [1.54, 1.807) is 18.2 Å². The van der Waals surface area contributed by atoms with Crippen LogP contribution in [-0.4, -0.2) is 37.3 Å². The van der Waals surface area contributed by atoms with Crippen molar-refractivity contribution in [1.29, 1.82) is 0 Å². The predicted octanol–water partition coefficient (Wildman–Crippen LogP) is 1.77. The van der Waals surface area contributed by atoms with E-state index in [2.05, 4.69) is 0 Å². The van der Waals surface area contributed by atoms with Gasteiger partial charge in [0.2, 0.25) is 0 Å². The molecule has 1 aromatic carbocycles. The maximum atomic E-state index is 12.3. The van der Waals surface area contributed by atoms with Gasteiger partial charge in [-0.3, -0.25) is 4.21 Å². The van der Waals surface area contributed by atoms with Crippen molar-refractivity contribution < 1.29 is 17.4 Å². The lowest BCUT2D eigenvalue weighted by Gasteiger charge is -2.22. The summed E-state index contributed by atoms with van der Waals surface area (Å²) in [4.78, 5) is 0.545. The highest BCUT2D eigenvalue weighted by atomic mass is 32.2. The largest absolute Gasteiger partial charge is 0.377 e. The van der Waals surface area contributed by atoms with Crippen molar-refractivity contribution in [2.45, 2.75) is 35.2 Å². The molecule has 0 N–H and O–H groups in total. The van der Waals surface area contributed by atoms with Gasteiger partial charge in [0.15, 0.2) is 9.84 Å². The number of ether oxygens (including phenoxy) is 1. The third-order valence-corrected chi connectivity index (χ3v) is 5.91. The highest BCUT2D eigenvalue weighted by molar-refractivity contribution is 7.92. The van der Waals surface area contributed by atoms with Gasteiger partial charge in [-0.1, -0.05) is 12.1 Å². The van der Waals surface area contributed by atoms with Crippen molar-refractivity contribution in [2.24, 2.45) is 0 Å². The number of benzene rings is 1. The molecule has 19 heavy (non-hydrogen) atoms. The minimum absolute atomic E-state index is 0.0257. The van der Waals surface area contributed by atoms with Gasteiger partial charge in [-0.05, 0) is 31.4 Å². The first-order valence-corrected chi connectivity index (χ1v) is 9.48. The molecule has 0 radical (unpaired) electrons. The summed E-state index contributed by atoms with van der Waals surface area (Å²) in [7, 11) is -4.70. The molecule has 1 fully saturated rings. The van der Waals surface area contributed by atoms with Gasteiger partial charge in [-0.15, -0.1) is 0 Å². The van der Waals surface area contributed by atoms with E-state index in [-0.39, 0.29) is 11.0 Å². The molecule has 6 heteroatoms. The highest BCUT2D eigenvalue weighted by Gasteiger charge is 2.22. The third kappa shape index (κ3) is 3.87. The van der Waals surface area contributed by atoms with Crippen LogP contribution in [0.4, 0.5) is 0 Å². The molecule has 0 spiro atoms. The third-order valence-electron chi connectivity index (χ3n) is 3.11. The first kappa shape index (κ1) is 14.7. The topological polar surface area (TPSA) is 60.4 Å². The van der Waals surface area contributed by atoms with E-state index in [1.807, 2.05) is 0 Å². The molecule has 2 rings (SSSR count). The zero-order valence-electron chi connectivity index (χ0n) is 10.9. The second kappa shape index (κ2) is 6.15. The van der Waals surface area contributed by atoms with E-state index in [0.29, 0.717) is 17.3 Å². The minimum Gasteiger partial charge on any atom is -0.377 e. The normalized spacial score (nSPS) is 22.1. The van der Waals surface area contributed by atoms with Crippen LogP contribution in [-0.2, 0) is 25.4 Å². The summed E-state index contributed by atoms with van der Waals surface area (Å²) in [5, 5.41) is 0. The molecular formula is C13H18O4S2. The highest BCUT2D eigenvalue weighted by Crippen LogP contribution is 2.22. The summed E-state index contributed by atoms with van der Waals surface area (Å²) in [6, 6.07) is 6.48. The fourth-order valence-corrected chi connectivity index (χ4v) is 4.94. The van der Waals surface area contributed by atoms with E-state index in [4.69, 9.17) is 4.74 Å². The molecule has 1 saturated heterocycles. The molecule has 0 amide bonds. The van der Waals surface area contributed by atoms with E-state index >= 15 is 0 Å². The van der Waals surface area contributed by atoms with Gasteiger partial charge in [0, 0.05) is 12.9 Å². The van der Waals surface area contributed by atoms with Crippen molar-refractivity contribution in [1.82, 2.24) is 0 Å². The zero-order valence-corrected chi connectivity index (χ0v) is 12.5. The van der Waals surface area contributed by atoms with Gasteiger partial charge in [-0.2, -0.15) is 0 Å². The van der Waals surface area contributed by atoms with Gasteiger partial charge < -0.3 is 4.74 Å². The molecule has 2 atom stereocenters. The Morgan fingerprint density at radius 1 is 1.32 bits per heavy atom. The second-order valence-electron chi connectivity index (χ2n) is 4.72. The predicted molar refractivity (Wildman–Crippen MR) is 74.4 cm³/mol. The van der Waals surface area contributed by atoms with Crippen LogP contribution in [0.15, 0.2) is 34.1 Å². The Kier molecular flexibility index (Phi) is 4.76. The molecule has 1 aliphatic heterocycles. The molecule has 0 saturated carbocycles. The molecule has 1 aromatic rings. The summed E-state index contributed by atoms with van der Waals surface area (Å²) in [6.45, 7) is 0.704. The van der Waals surface area contributed by atoms with E-state index in [0.717, 1.165) is 25.5 Å². The lowest BCUT2D eigenvalue weighted by molar-refractivity contribution is 0.0310. The zero-order chi connectivity index (χ0) is 13.9. The van der Waals surface area contributed by atoms with Crippen LogP contribution >= 0.6 is 0 Å². The number of hydrogen-bond acceptors (Lipinski definition) is 4. The Labute approximate surface area is 116 Å². The maximum Gasteiger partial charge on any atom is 0.176 e. The number of sulfone groups is 1. The second-order valence-corrected chi connectivity index (χ2v) is 8.17. The lowest BCUT2D eigenvalue weighted by Crippen LogP contribution is -2.25. The lowest BCUT2D eigenvalue weighted by atomic mass is 10.1. The van der Waals surface area contributed by atoms with Crippen LogP contribution in [0.3, 0.4) is 0 Å². The standard InChI is InChI=1S/C13H18O4S2/c1-19(15,16)13-8-3-2-7-12(13)18(14)10-11-6-4-5-9-17-11/h2-3,7-8,11H,4-6,9-10H2,1H3. The molecule has 1 aliphatic rings. The summed E-state index contributed by atoms with van der Waals surface area (Å²) >= 11 is 0. The van der Waals surface area contributed by atoms with Crippen molar-refractivity contribution in [3.63, 3.8) is 0 Å². The van der Waals surface area contributed by atoms with Gasteiger partial charge in [-0.25, -0.2) is 8.42 Å². The van der Waals surface area contributed by atoms with Crippen LogP contribution in [0.5, 0.6) is 0 Å². The Hall–Kier alpha value is -0.720. The Bertz CT molecular complexity index is 560. The average molecular weight is 302 g/mol. The van der Waals surface area contributed by atoms with E-state index in [9.17, 15) is 12.6 Å². The van der Waals surface area contributed by atoms with Crippen molar-refractivity contribution >= 4 is 20.6 Å².